The average molecular weight is 402 g/mol. The van der Waals surface area contributed by atoms with Crippen molar-refractivity contribution < 1.29 is 4.79 Å². The first-order valence-electron chi connectivity index (χ1n) is 8.78. The molecule has 0 unspecified atom stereocenters. The first-order chi connectivity index (χ1) is 13.0. The SMILES string of the molecule is O=C(CCc1nc2ccccc2c(=O)n1C1CC1)Nc1ccc(Cl)c(Cl)c1. The largest absolute Gasteiger partial charge is 0.326 e. The van der Waals surface area contributed by atoms with Crippen molar-refractivity contribution in [1.29, 1.82) is 0 Å². The van der Waals surface area contributed by atoms with Gasteiger partial charge in [0.05, 0.1) is 20.9 Å². The van der Waals surface area contributed by atoms with E-state index in [1.54, 1.807) is 28.8 Å². The van der Waals surface area contributed by atoms with E-state index in [1.807, 2.05) is 18.2 Å². The highest BCUT2D eigenvalue weighted by atomic mass is 35.5. The van der Waals surface area contributed by atoms with Gasteiger partial charge in [-0.2, -0.15) is 0 Å². The number of rotatable bonds is 5. The maximum Gasteiger partial charge on any atom is 0.261 e. The maximum atomic E-state index is 12.8. The Morgan fingerprint density at radius 3 is 2.67 bits per heavy atom. The van der Waals surface area contributed by atoms with Crippen LogP contribution in [0.5, 0.6) is 0 Å². The molecule has 0 atom stereocenters. The molecule has 1 aromatic heterocycles. The van der Waals surface area contributed by atoms with E-state index in [-0.39, 0.29) is 23.9 Å². The highest BCUT2D eigenvalue weighted by Gasteiger charge is 2.28. The summed E-state index contributed by atoms with van der Waals surface area (Å²) in [6, 6.07) is 12.5. The number of amides is 1. The molecule has 0 saturated heterocycles. The summed E-state index contributed by atoms with van der Waals surface area (Å²) in [5.41, 5.74) is 1.22. The quantitative estimate of drug-likeness (QED) is 0.678. The van der Waals surface area contributed by atoms with Gasteiger partial charge in [-0.05, 0) is 43.2 Å². The van der Waals surface area contributed by atoms with Crippen LogP contribution >= 0.6 is 23.2 Å². The number of nitrogens with one attached hydrogen (secondary N) is 1. The third-order valence-electron chi connectivity index (χ3n) is 4.57. The number of nitrogens with zero attached hydrogens (tertiary/aromatic N) is 2. The number of hydrogen-bond acceptors (Lipinski definition) is 3. The van der Waals surface area contributed by atoms with E-state index in [1.165, 1.54) is 0 Å². The fourth-order valence-electron chi connectivity index (χ4n) is 3.10. The molecule has 27 heavy (non-hydrogen) atoms. The molecular formula is C20H17Cl2N3O2. The third kappa shape index (κ3) is 3.84. The van der Waals surface area contributed by atoms with E-state index in [0.717, 1.165) is 12.8 Å². The van der Waals surface area contributed by atoms with Gasteiger partial charge in [0.25, 0.3) is 5.56 Å². The number of hydrogen-bond donors (Lipinski definition) is 1. The minimum absolute atomic E-state index is 0.0250. The van der Waals surface area contributed by atoms with E-state index < -0.39 is 0 Å². The van der Waals surface area contributed by atoms with Crippen LogP contribution < -0.4 is 10.9 Å². The van der Waals surface area contributed by atoms with Crippen molar-refractivity contribution in [3.63, 3.8) is 0 Å². The second-order valence-electron chi connectivity index (χ2n) is 6.63. The first-order valence-corrected chi connectivity index (χ1v) is 9.53. The molecule has 1 fully saturated rings. The Balaban J connectivity index is 1.54. The summed E-state index contributed by atoms with van der Waals surface area (Å²) in [7, 11) is 0. The maximum absolute atomic E-state index is 12.8. The fraction of sp³-hybridized carbons (Fsp3) is 0.250. The Hall–Kier alpha value is -2.37. The van der Waals surface area contributed by atoms with Crippen LogP contribution in [-0.2, 0) is 11.2 Å². The third-order valence-corrected chi connectivity index (χ3v) is 5.31. The number of aryl methyl sites for hydroxylation is 1. The summed E-state index contributed by atoms with van der Waals surface area (Å²) in [6.45, 7) is 0. The van der Waals surface area contributed by atoms with Gasteiger partial charge in [0.2, 0.25) is 5.91 Å². The van der Waals surface area contributed by atoms with Crippen molar-refractivity contribution in [3.8, 4) is 0 Å². The molecule has 1 heterocycles. The van der Waals surface area contributed by atoms with Gasteiger partial charge in [-0.1, -0.05) is 35.3 Å². The lowest BCUT2D eigenvalue weighted by atomic mass is 10.2. The van der Waals surface area contributed by atoms with Gasteiger partial charge in [-0.25, -0.2) is 4.98 Å². The van der Waals surface area contributed by atoms with Crippen molar-refractivity contribution in [2.75, 3.05) is 5.32 Å². The average Bonchev–Trinajstić information content (AvgIpc) is 3.48. The van der Waals surface area contributed by atoms with Crippen molar-refractivity contribution in [2.45, 2.75) is 31.7 Å². The van der Waals surface area contributed by atoms with E-state index in [2.05, 4.69) is 10.3 Å². The van der Waals surface area contributed by atoms with Gasteiger partial charge in [0.1, 0.15) is 5.82 Å². The smallest absolute Gasteiger partial charge is 0.261 e. The molecule has 0 aliphatic heterocycles. The Labute approximate surface area is 165 Å². The number of para-hydroxylation sites is 1. The second kappa shape index (κ2) is 7.33. The minimum atomic E-state index is -0.168. The highest BCUT2D eigenvalue weighted by molar-refractivity contribution is 6.42. The Kier molecular flexibility index (Phi) is 4.89. The Bertz CT molecular complexity index is 1090. The molecule has 3 aromatic rings. The predicted octanol–water partition coefficient (Wildman–Crippen LogP) is 4.61. The number of carbonyl (C=O) groups excluding carboxylic acids is 1. The standard InChI is InChI=1S/C20H17Cl2N3O2/c21-15-8-5-12(11-16(15)22)23-19(26)10-9-18-24-17-4-2-1-3-14(17)20(27)25(18)13-6-7-13/h1-5,8,11,13H,6-7,9-10H2,(H,23,26). The van der Waals surface area contributed by atoms with Gasteiger partial charge in [0.15, 0.2) is 0 Å². The van der Waals surface area contributed by atoms with Crippen molar-refractivity contribution >= 4 is 45.7 Å². The topological polar surface area (TPSA) is 64.0 Å². The van der Waals surface area contributed by atoms with Crippen LogP contribution in [0, 0.1) is 0 Å². The van der Waals surface area contributed by atoms with Gasteiger partial charge in [0, 0.05) is 24.6 Å². The zero-order valence-electron chi connectivity index (χ0n) is 14.4. The number of halogens is 2. The fourth-order valence-corrected chi connectivity index (χ4v) is 3.40. The van der Waals surface area contributed by atoms with E-state index in [0.29, 0.717) is 38.9 Å². The molecule has 1 amide bonds. The molecule has 7 heteroatoms. The molecular weight excluding hydrogens is 385 g/mol. The normalized spacial score (nSPS) is 13.7. The molecule has 1 aliphatic rings. The summed E-state index contributed by atoms with van der Waals surface area (Å²) in [5, 5.41) is 4.23. The molecule has 2 aromatic carbocycles. The molecule has 0 spiro atoms. The number of anilines is 1. The van der Waals surface area contributed by atoms with Gasteiger partial charge in [-0.3, -0.25) is 14.2 Å². The van der Waals surface area contributed by atoms with Crippen LogP contribution in [0.1, 0.15) is 31.1 Å². The lowest BCUT2D eigenvalue weighted by Gasteiger charge is -2.13. The van der Waals surface area contributed by atoms with Crippen molar-refractivity contribution in [1.82, 2.24) is 9.55 Å². The van der Waals surface area contributed by atoms with Crippen molar-refractivity contribution in [2.24, 2.45) is 0 Å². The first kappa shape index (κ1) is 18.0. The van der Waals surface area contributed by atoms with Gasteiger partial charge < -0.3 is 5.32 Å². The Morgan fingerprint density at radius 1 is 1.15 bits per heavy atom. The highest BCUT2D eigenvalue weighted by Crippen LogP contribution is 2.35. The molecule has 1 aliphatic carbocycles. The molecule has 1 N–H and O–H groups in total. The van der Waals surface area contributed by atoms with Gasteiger partial charge >= 0.3 is 0 Å². The summed E-state index contributed by atoms with van der Waals surface area (Å²) < 4.78 is 1.76. The summed E-state index contributed by atoms with van der Waals surface area (Å²) in [4.78, 5) is 29.8. The molecule has 5 nitrogen and oxygen atoms in total. The van der Waals surface area contributed by atoms with Gasteiger partial charge in [-0.15, -0.1) is 0 Å². The summed E-state index contributed by atoms with van der Waals surface area (Å²) in [6.07, 6.45) is 2.56. The summed E-state index contributed by atoms with van der Waals surface area (Å²) in [5.74, 6) is 0.489. The van der Waals surface area contributed by atoms with Crippen molar-refractivity contribution in [3.05, 3.63) is 68.7 Å². The number of aromatic nitrogens is 2. The van der Waals surface area contributed by atoms with Crippen LogP contribution in [0.4, 0.5) is 5.69 Å². The lowest BCUT2D eigenvalue weighted by molar-refractivity contribution is -0.116. The van der Waals surface area contributed by atoms with E-state index in [9.17, 15) is 9.59 Å². The number of benzene rings is 2. The molecule has 4 rings (SSSR count). The van der Waals surface area contributed by atoms with Crippen LogP contribution in [0.2, 0.25) is 10.0 Å². The molecule has 1 saturated carbocycles. The van der Waals surface area contributed by atoms with Crippen LogP contribution in [0.25, 0.3) is 10.9 Å². The minimum Gasteiger partial charge on any atom is -0.326 e. The number of fused-ring (bicyclic) bond motifs is 1. The summed E-state index contributed by atoms with van der Waals surface area (Å²) >= 11 is 11.9. The van der Waals surface area contributed by atoms with Crippen LogP contribution in [0.15, 0.2) is 47.3 Å². The van der Waals surface area contributed by atoms with Crippen LogP contribution in [-0.4, -0.2) is 15.5 Å². The lowest BCUT2D eigenvalue weighted by Crippen LogP contribution is -2.25. The van der Waals surface area contributed by atoms with E-state index >= 15 is 0 Å². The monoisotopic (exact) mass is 401 g/mol. The molecule has 0 radical (unpaired) electrons. The second-order valence-corrected chi connectivity index (χ2v) is 7.44. The number of carbonyl (C=O) groups is 1. The molecule has 0 bridgehead atoms. The predicted molar refractivity (Wildman–Crippen MR) is 108 cm³/mol. The van der Waals surface area contributed by atoms with Crippen LogP contribution in [0.3, 0.4) is 0 Å². The molecule has 138 valence electrons. The zero-order chi connectivity index (χ0) is 19.0. The Morgan fingerprint density at radius 2 is 1.93 bits per heavy atom. The van der Waals surface area contributed by atoms with E-state index in [4.69, 9.17) is 23.2 Å². The zero-order valence-corrected chi connectivity index (χ0v) is 15.9.